The minimum Gasteiger partial charge on any atom is -0.411 e. The van der Waals surface area contributed by atoms with Crippen LogP contribution in [0.25, 0.3) is 0 Å². The fourth-order valence-corrected chi connectivity index (χ4v) is 5.23. The van der Waals surface area contributed by atoms with Gasteiger partial charge in [-0.2, -0.15) is 0 Å². The minimum absolute atomic E-state index is 0.0468. The van der Waals surface area contributed by atoms with Crippen LogP contribution in [-0.2, 0) is 13.6 Å². The Bertz CT molecular complexity index is 501. The van der Waals surface area contributed by atoms with Gasteiger partial charge in [0.25, 0.3) is 0 Å². The van der Waals surface area contributed by atoms with Crippen molar-refractivity contribution in [3.8, 4) is 0 Å². The molecule has 0 spiro atoms. The Morgan fingerprint density at radius 2 is 1.42 bits per heavy atom. The third-order valence-corrected chi connectivity index (χ3v) is 15.5. The summed E-state index contributed by atoms with van der Waals surface area (Å²) in [4.78, 5) is 0. The zero-order valence-electron chi connectivity index (χ0n) is 18.9. The van der Waals surface area contributed by atoms with Gasteiger partial charge in [0.1, 0.15) is 6.10 Å². The summed E-state index contributed by atoms with van der Waals surface area (Å²) in [6.07, 6.45) is 2.38. The molecule has 154 valence electrons. The lowest BCUT2D eigenvalue weighted by Crippen LogP contribution is -2.55. The summed E-state index contributed by atoms with van der Waals surface area (Å²) in [5, 5.41) is 10.0. The minimum atomic E-state index is -1.97. The van der Waals surface area contributed by atoms with E-state index in [-0.39, 0.29) is 35.0 Å². The van der Waals surface area contributed by atoms with Crippen molar-refractivity contribution >= 4 is 16.6 Å². The predicted molar refractivity (Wildman–Crippen MR) is 115 cm³/mol. The van der Waals surface area contributed by atoms with E-state index in [0.717, 1.165) is 5.57 Å². The molecule has 0 aromatic heterocycles. The van der Waals surface area contributed by atoms with Crippen LogP contribution in [0.15, 0.2) is 11.6 Å². The highest BCUT2D eigenvalue weighted by Crippen LogP contribution is 2.42. The predicted octanol–water partition coefficient (Wildman–Crippen LogP) is 5.10. The molecule has 1 N–H and O–H groups in total. The first-order valence-corrected chi connectivity index (χ1v) is 15.6. The number of aliphatic hydroxyl groups is 1. The Hall–Kier alpha value is 0.0138. The van der Waals surface area contributed by atoms with E-state index < -0.39 is 16.6 Å². The second-order valence-corrected chi connectivity index (χ2v) is 20.2. The Kier molecular flexibility index (Phi) is 7.56. The molecule has 0 fully saturated rings. The van der Waals surface area contributed by atoms with Crippen LogP contribution in [-0.4, -0.2) is 53.8 Å². The molecule has 0 aromatic carbocycles. The van der Waals surface area contributed by atoms with Crippen molar-refractivity contribution in [1.82, 2.24) is 0 Å². The summed E-state index contributed by atoms with van der Waals surface area (Å²) >= 11 is 0. The number of ether oxygens (including phenoxy) is 1. The number of aliphatic hydroxyl groups excluding tert-OH is 1. The topological polar surface area (TPSA) is 47.9 Å². The summed E-state index contributed by atoms with van der Waals surface area (Å²) in [5.41, 5.74) is 0.991. The Labute approximate surface area is 163 Å². The maximum Gasteiger partial charge on any atom is 0.193 e. The second-order valence-electron chi connectivity index (χ2n) is 10.6. The van der Waals surface area contributed by atoms with Gasteiger partial charge in [0.05, 0.1) is 18.8 Å². The van der Waals surface area contributed by atoms with Crippen LogP contribution in [0.1, 0.15) is 48.0 Å². The number of methoxy groups -OCH3 is 1. The molecule has 0 aromatic rings. The smallest absolute Gasteiger partial charge is 0.193 e. The molecule has 0 unspecified atom stereocenters. The van der Waals surface area contributed by atoms with Gasteiger partial charge in [0.2, 0.25) is 0 Å². The normalized spacial score (nSPS) is 26.0. The Morgan fingerprint density at radius 3 is 1.81 bits per heavy atom. The summed E-state index contributed by atoms with van der Waals surface area (Å²) in [6.45, 7) is 22.5. The lowest BCUT2D eigenvalue weighted by atomic mass is 9.92. The molecule has 0 heterocycles. The van der Waals surface area contributed by atoms with E-state index in [4.69, 9.17) is 13.6 Å². The number of hydrogen-bond donors (Lipinski definition) is 1. The number of rotatable bonds is 6. The van der Waals surface area contributed by atoms with Crippen molar-refractivity contribution in [2.45, 2.75) is 103 Å². The molecule has 0 saturated carbocycles. The highest BCUT2D eigenvalue weighted by Gasteiger charge is 2.46. The summed E-state index contributed by atoms with van der Waals surface area (Å²) < 4.78 is 19.3. The van der Waals surface area contributed by atoms with E-state index in [2.05, 4.69) is 73.8 Å². The highest BCUT2D eigenvalue weighted by atomic mass is 28.4. The van der Waals surface area contributed by atoms with E-state index in [9.17, 15) is 5.11 Å². The summed E-state index contributed by atoms with van der Waals surface area (Å²) in [5.74, 6) is 0. The molecule has 0 radical (unpaired) electrons. The first kappa shape index (κ1) is 24.1. The van der Waals surface area contributed by atoms with Crippen LogP contribution in [0.2, 0.25) is 36.3 Å². The average Bonchev–Trinajstić information content (AvgIpc) is 2.43. The van der Waals surface area contributed by atoms with Gasteiger partial charge >= 0.3 is 0 Å². The molecule has 26 heavy (non-hydrogen) atoms. The lowest BCUT2D eigenvalue weighted by molar-refractivity contribution is -0.0625. The van der Waals surface area contributed by atoms with Gasteiger partial charge in [0, 0.05) is 7.11 Å². The van der Waals surface area contributed by atoms with Crippen LogP contribution in [0, 0.1) is 0 Å². The Morgan fingerprint density at radius 1 is 0.962 bits per heavy atom. The van der Waals surface area contributed by atoms with E-state index >= 15 is 0 Å². The van der Waals surface area contributed by atoms with Crippen molar-refractivity contribution in [2.75, 3.05) is 13.7 Å². The van der Waals surface area contributed by atoms with E-state index in [1.807, 2.05) is 0 Å². The molecule has 0 bridgehead atoms. The molecule has 4 nitrogen and oxygen atoms in total. The largest absolute Gasteiger partial charge is 0.411 e. The SMILES string of the molecule is CO[C@@H]1[C@H](O[Si](C)(C)C(C)(C)C)C=C(CO)C[C@H]1O[Si](C)(C)C(C)(C)C. The highest BCUT2D eigenvalue weighted by molar-refractivity contribution is 6.74. The molecule has 0 saturated heterocycles. The van der Waals surface area contributed by atoms with Crippen molar-refractivity contribution in [3.05, 3.63) is 11.6 Å². The number of hydrogen-bond acceptors (Lipinski definition) is 4. The third kappa shape index (κ3) is 5.52. The molecule has 1 rings (SSSR count). The maximum atomic E-state index is 9.80. The molecule has 1 aliphatic rings. The van der Waals surface area contributed by atoms with Crippen molar-refractivity contribution < 1.29 is 18.7 Å². The molecule has 0 amide bonds. The van der Waals surface area contributed by atoms with E-state index in [1.54, 1.807) is 7.11 Å². The van der Waals surface area contributed by atoms with Crippen LogP contribution in [0.4, 0.5) is 0 Å². The molecule has 6 heteroatoms. The van der Waals surface area contributed by atoms with Crippen LogP contribution in [0.5, 0.6) is 0 Å². The van der Waals surface area contributed by atoms with Gasteiger partial charge < -0.3 is 18.7 Å². The second kappa shape index (κ2) is 8.17. The van der Waals surface area contributed by atoms with Gasteiger partial charge in [-0.15, -0.1) is 0 Å². The van der Waals surface area contributed by atoms with Gasteiger partial charge in [-0.1, -0.05) is 47.6 Å². The fraction of sp³-hybridized carbons (Fsp3) is 0.900. The van der Waals surface area contributed by atoms with Gasteiger partial charge in [-0.3, -0.25) is 0 Å². The van der Waals surface area contributed by atoms with Crippen LogP contribution in [0.3, 0.4) is 0 Å². The standard InChI is InChI=1S/C20H42O4Si2/c1-19(2,3)25(8,9)23-16-12-15(14-21)13-17(18(16)22-7)24-26(10,11)20(4,5)6/h12,16-18,21H,13-14H2,1-11H3/t16-,17-,18-/m1/s1. The molecule has 1 aliphatic carbocycles. The zero-order chi connectivity index (χ0) is 20.6. The van der Waals surface area contributed by atoms with Crippen LogP contribution >= 0.6 is 0 Å². The quantitative estimate of drug-likeness (QED) is 0.496. The molecular formula is C20H42O4Si2. The fourth-order valence-electron chi connectivity index (χ4n) is 2.67. The average molecular weight is 403 g/mol. The van der Waals surface area contributed by atoms with Gasteiger partial charge in [-0.05, 0) is 48.3 Å². The van der Waals surface area contributed by atoms with Crippen molar-refractivity contribution in [1.29, 1.82) is 0 Å². The first-order valence-electron chi connectivity index (χ1n) is 9.74. The Balaban J connectivity index is 3.15. The van der Waals surface area contributed by atoms with Gasteiger partial charge in [0.15, 0.2) is 16.6 Å². The van der Waals surface area contributed by atoms with E-state index in [1.165, 1.54) is 0 Å². The summed E-state index contributed by atoms with van der Waals surface area (Å²) in [6, 6.07) is 0. The van der Waals surface area contributed by atoms with Crippen molar-refractivity contribution in [2.24, 2.45) is 0 Å². The van der Waals surface area contributed by atoms with Crippen molar-refractivity contribution in [3.63, 3.8) is 0 Å². The van der Waals surface area contributed by atoms with E-state index in [0.29, 0.717) is 6.42 Å². The maximum absolute atomic E-state index is 9.80. The third-order valence-electron chi connectivity index (χ3n) is 6.52. The van der Waals surface area contributed by atoms with Gasteiger partial charge in [-0.25, -0.2) is 0 Å². The monoisotopic (exact) mass is 402 g/mol. The zero-order valence-corrected chi connectivity index (χ0v) is 20.9. The van der Waals surface area contributed by atoms with Crippen LogP contribution < -0.4 is 0 Å². The first-order chi connectivity index (χ1) is 11.6. The lowest BCUT2D eigenvalue weighted by Gasteiger charge is -2.46. The summed E-state index contributed by atoms with van der Waals surface area (Å²) in [7, 11) is -2.18. The molecular weight excluding hydrogens is 360 g/mol. The molecule has 0 aliphatic heterocycles. The molecule has 3 atom stereocenters.